The number of rotatable bonds is 3. The Labute approximate surface area is 109 Å². The fourth-order valence-electron chi connectivity index (χ4n) is 2.36. The van der Waals surface area contributed by atoms with Crippen molar-refractivity contribution in [1.29, 1.82) is 0 Å². The highest BCUT2D eigenvalue weighted by atomic mass is 32.2. The molecule has 1 unspecified atom stereocenters. The molecule has 0 N–H and O–H groups in total. The van der Waals surface area contributed by atoms with Crippen molar-refractivity contribution in [3.63, 3.8) is 0 Å². The number of nitrogens with zero attached hydrogens (tertiary/aromatic N) is 1. The summed E-state index contributed by atoms with van der Waals surface area (Å²) in [4.78, 5) is 0.363. The van der Waals surface area contributed by atoms with Crippen molar-refractivity contribution in [3.8, 4) is 0 Å². The number of hydrogen-bond acceptors (Lipinski definition) is 2. The summed E-state index contributed by atoms with van der Waals surface area (Å²) in [6.07, 6.45) is 0. The minimum atomic E-state index is -3.37. The minimum absolute atomic E-state index is 0.267. The molecule has 18 heavy (non-hydrogen) atoms. The van der Waals surface area contributed by atoms with Gasteiger partial charge in [0.1, 0.15) is 0 Å². The SMILES string of the molecule is C=C1CN(S(=O)(=O)c2ccccc2)CC1C(C)C. The molecule has 1 saturated heterocycles. The van der Waals surface area contributed by atoms with Crippen LogP contribution in [0.15, 0.2) is 47.4 Å². The third kappa shape index (κ3) is 2.35. The van der Waals surface area contributed by atoms with Gasteiger partial charge < -0.3 is 0 Å². The van der Waals surface area contributed by atoms with Crippen LogP contribution >= 0.6 is 0 Å². The van der Waals surface area contributed by atoms with Gasteiger partial charge in [0.25, 0.3) is 0 Å². The smallest absolute Gasteiger partial charge is 0.207 e. The van der Waals surface area contributed by atoms with Crippen LogP contribution in [-0.2, 0) is 10.0 Å². The Bertz CT molecular complexity index is 534. The third-order valence-electron chi connectivity index (χ3n) is 3.49. The molecule has 0 radical (unpaired) electrons. The molecule has 98 valence electrons. The monoisotopic (exact) mass is 265 g/mol. The molecule has 0 aromatic heterocycles. The standard InChI is InChI=1S/C14H19NO2S/c1-11(2)14-10-15(9-12(14)3)18(16,17)13-7-5-4-6-8-13/h4-8,11,14H,3,9-10H2,1-2H3. The van der Waals surface area contributed by atoms with Crippen LogP contribution in [0.4, 0.5) is 0 Å². The zero-order chi connectivity index (χ0) is 13.3. The van der Waals surface area contributed by atoms with E-state index >= 15 is 0 Å². The summed E-state index contributed by atoms with van der Waals surface area (Å²) in [6.45, 7) is 9.21. The summed E-state index contributed by atoms with van der Waals surface area (Å²) in [7, 11) is -3.37. The Morgan fingerprint density at radius 1 is 1.28 bits per heavy atom. The predicted octanol–water partition coefficient (Wildman–Crippen LogP) is 2.52. The highest BCUT2D eigenvalue weighted by Gasteiger charge is 2.35. The average molecular weight is 265 g/mol. The first kappa shape index (κ1) is 13.3. The molecule has 1 aliphatic heterocycles. The number of sulfonamides is 1. The second-order valence-electron chi connectivity index (χ2n) is 5.12. The molecule has 0 saturated carbocycles. The maximum absolute atomic E-state index is 12.4. The lowest BCUT2D eigenvalue weighted by Gasteiger charge is -2.17. The lowest BCUT2D eigenvalue weighted by molar-refractivity contribution is 0.406. The minimum Gasteiger partial charge on any atom is -0.207 e. The molecule has 3 nitrogen and oxygen atoms in total. The van der Waals surface area contributed by atoms with E-state index in [0.29, 0.717) is 23.9 Å². The van der Waals surface area contributed by atoms with Crippen molar-refractivity contribution in [3.05, 3.63) is 42.5 Å². The van der Waals surface area contributed by atoms with E-state index < -0.39 is 10.0 Å². The normalized spacial score (nSPS) is 21.7. The van der Waals surface area contributed by atoms with Crippen LogP contribution in [0.3, 0.4) is 0 Å². The van der Waals surface area contributed by atoms with Crippen LogP contribution < -0.4 is 0 Å². The van der Waals surface area contributed by atoms with Gasteiger partial charge in [-0.2, -0.15) is 4.31 Å². The van der Waals surface area contributed by atoms with Crippen LogP contribution in [-0.4, -0.2) is 25.8 Å². The Hall–Kier alpha value is -1.13. The zero-order valence-electron chi connectivity index (χ0n) is 10.8. The summed E-state index contributed by atoms with van der Waals surface area (Å²) < 4.78 is 26.4. The summed E-state index contributed by atoms with van der Waals surface area (Å²) in [5, 5.41) is 0. The fourth-order valence-corrected chi connectivity index (χ4v) is 3.86. The van der Waals surface area contributed by atoms with Gasteiger partial charge in [0.2, 0.25) is 10.0 Å². The van der Waals surface area contributed by atoms with E-state index in [1.807, 2.05) is 6.07 Å². The molecule has 1 fully saturated rings. The van der Waals surface area contributed by atoms with Crippen molar-refractivity contribution in [1.82, 2.24) is 4.31 Å². The van der Waals surface area contributed by atoms with E-state index in [0.717, 1.165) is 5.57 Å². The van der Waals surface area contributed by atoms with Gasteiger partial charge >= 0.3 is 0 Å². The van der Waals surface area contributed by atoms with Gasteiger partial charge in [-0.1, -0.05) is 44.2 Å². The van der Waals surface area contributed by atoms with Crippen LogP contribution in [0.25, 0.3) is 0 Å². The maximum atomic E-state index is 12.4. The van der Waals surface area contributed by atoms with Gasteiger partial charge in [-0.25, -0.2) is 8.42 Å². The van der Waals surface area contributed by atoms with Crippen molar-refractivity contribution >= 4 is 10.0 Å². The van der Waals surface area contributed by atoms with Gasteiger partial charge in [-0.3, -0.25) is 0 Å². The summed E-state index contributed by atoms with van der Waals surface area (Å²) in [6, 6.07) is 8.59. The van der Waals surface area contributed by atoms with Crippen LogP contribution in [0.5, 0.6) is 0 Å². The molecule has 1 aromatic rings. The first-order valence-corrected chi connectivity index (χ1v) is 7.60. The molecule has 0 aliphatic carbocycles. The van der Waals surface area contributed by atoms with Gasteiger partial charge in [0.15, 0.2) is 0 Å². The highest BCUT2D eigenvalue weighted by Crippen LogP contribution is 2.31. The van der Waals surface area contributed by atoms with Crippen LogP contribution in [0.2, 0.25) is 0 Å². The molecule has 0 spiro atoms. The summed E-state index contributed by atoms with van der Waals surface area (Å²) >= 11 is 0. The van der Waals surface area contributed by atoms with Crippen LogP contribution in [0, 0.1) is 11.8 Å². The lowest BCUT2D eigenvalue weighted by Crippen LogP contribution is -2.29. The molecule has 1 atom stereocenters. The largest absolute Gasteiger partial charge is 0.243 e. The first-order chi connectivity index (χ1) is 8.43. The Balaban J connectivity index is 2.27. The zero-order valence-corrected chi connectivity index (χ0v) is 11.7. The van der Waals surface area contributed by atoms with Gasteiger partial charge in [-0.05, 0) is 24.0 Å². The van der Waals surface area contributed by atoms with Gasteiger partial charge in [0.05, 0.1) is 4.90 Å². The van der Waals surface area contributed by atoms with E-state index in [4.69, 9.17) is 0 Å². The van der Waals surface area contributed by atoms with E-state index in [1.54, 1.807) is 24.3 Å². The fraction of sp³-hybridized carbons (Fsp3) is 0.429. The van der Waals surface area contributed by atoms with E-state index in [2.05, 4.69) is 20.4 Å². The molecule has 1 aliphatic rings. The molecule has 1 aromatic carbocycles. The second-order valence-corrected chi connectivity index (χ2v) is 7.06. The summed E-state index contributed by atoms with van der Waals surface area (Å²) in [5.74, 6) is 0.692. The number of benzene rings is 1. The van der Waals surface area contributed by atoms with Crippen molar-refractivity contribution in [2.24, 2.45) is 11.8 Å². The molecule has 0 bridgehead atoms. The topological polar surface area (TPSA) is 37.4 Å². The maximum Gasteiger partial charge on any atom is 0.243 e. The molecular formula is C14H19NO2S. The van der Waals surface area contributed by atoms with E-state index in [-0.39, 0.29) is 5.92 Å². The third-order valence-corrected chi connectivity index (χ3v) is 5.32. The molecule has 4 heteroatoms. The second kappa shape index (κ2) is 4.86. The molecule has 1 heterocycles. The predicted molar refractivity (Wildman–Crippen MR) is 72.7 cm³/mol. The highest BCUT2D eigenvalue weighted by molar-refractivity contribution is 7.89. The first-order valence-electron chi connectivity index (χ1n) is 6.16. The summed E-state index contributed by atoms with van der Waals surface area (Å²) in [5.41, 5.74) is 1.02. The van der Waals surface area contributed by atoms with Gasteiger partial charge in [-0.15, -0.1) is 0 Å². The number of hydrogen-bond donors (Lipinski definition) is 0. The van der Waals surface area contributed by atoms with E-state index in [9.17, 15) is 8.42 Å². The van der Waals surface area contributed by atoms with Crippen LogP contribution in [0.1, 0.15) is 13.8 Å². The molecule has 0 amide bonds. The van der Waals surface area contributed by atoms with Gasteiger partial charge in [0, 0.05) is 13.1 Å². The van der Waals surface area contributed by atoms with Crippen molar-refractivity contribution < 1.29 is 8.42 Å². The average Bonchev–Trinajstić information content (AvgIpc) is 2.73. The molecule has 2 rings (SSSR count). The van der Waals surface area contributed by atoms with Crippen molar-refractivity contribution in [2.75, 3.05) is 13.1 Å². The Morgan fingerprint density at radius 3 is 2.39 bits per heavy atom. The van der Waals surface area contributed by atoms with Crippen molar-refractivity contribution in [2.45, 2.75) is 18.7 Å². The van der Waals surface area contributed by atoms with E-state index in [1.165, 1.54) is 4.31 Å². The molecular weight excluding hydrogens is 246 g/mol. The quantitative estimate of drug-likeness (QED) is 0.788. The Kier molecular flexibility index (Phi) is 3.59. The lowest BCUT2D eigenvalue weighted by atomic mass is 9.92. The Morgan fingerprint density at radius 2 is 1.89 bits per heavy atom.